The number of nitrogens with one attached hydrogen (secondary N) is 1. The Hall–Kier alpha value is -2.38. The maximum atomic E-state index is 11.6. The van der Waals surface area contributed by atoms with Crippen LogP contribution in [0.2, 0.25) is 0 Å². The van der Waals surface area contributed by atoms with E-state index in [9.17, 15) is 4.79 Å². The topological polar surface area (TPSA) is 66.3 Å². The molecule has 0 radical (unpaired) electrons. The molecule has 3 aliphatic heterocycles. The summed E-state index contributed by atoms with van der Waals surface area (Å²) in [5.41, 5.74) is 1.26. The van der Waals surface area contributed by atoms with E-state index in [0.29, 0.717) is 11.5 Å². The van der Waals surface area contributed by atoms with Crippen LogP contribution in [0.25, 0.3) is 0 Å². The van der Waals surface area contributed by atoms with Crippen molar-refractivity contribution in [1.82, 2.24) is 4.90 Å². The molecule has 1 fully saturated rings. The van der Waals surface area contributed by atoms with Gasteiger partial charge in [-0.3, -0.25) is 9.79 Å². The minimum Gasteiger partial charge on any atom is -0.378 e. The molecule has 140 valence electrons. The van der Waals surface area contributed by atoms with Crippen molar-refractivity contribution in [2.24, 2.45) is 9.98 Å². The highest BCUT2D eigenvalue weighted by Gasteiger charge is 2.44. The number of amides is 1. The molecule has 3 aliphatic rings. The average molecular weight is 382 g/mol. The molecule has 2 unspecified atom stereocenters. The number of carbonyl (C=O) groups is 1. The Morgan fingerprint density at radius 3 is 3.04 bits per heavy atom. The number of carbonyl (C=O) groups excluding carboxylic acids is 1. The van der Waals surface area contributed by atoms with Crippen molar-refractivity contribution < 1.29 is 9.53 Å². The molecule has 1 aromatic rings. The number of anilines is 1. The zero-order chi connectivity index (χ0) is 18.9. The Bertz CT molecular complexity index is 857. The summed E-state index contributed by atoms with van der Waals surface area (Å²) in [6.07, 6.45) is 3.41. The van der Waals surface area contributed by atoms with Crippen molar-refractivity contribution in [2.75, 3.05) is 31.6 Å². The second-order valence-electron chi connectivity index (χ2n) is 6.82. The molecule has 3 heterocycles. The van der Waals surface area contributed by atoms with Gasteiger partial charge in [-0.25, -0.2) is 4.99 Å². The first kappa shape index (κ1) is 18.0. The molecule has 0 bridgehead atoms. The minimum absolute atomic E-state index is 0.183. The Morgan fingerprint density at radius 2 is 2.26 bits per heavy atom. The average Bonchev–Trinajstić information content (AvgIpc) is 3.09. The molecule has 1 saturated heterocycles. The van der Waals surface area contributed by atoms with Crippen LogP contribution in [0, 0.1) is 0 Å². The van der Waals surface area contributed by atoms with Crippen LogP contribution < -0.4 is 5.32 Å². The SMILES string of the molecule is C=CC(=O)Nc1cccc(C2=NC3(C)C=CSC3C(N3CCOCC3)=N2)c1. The zero-order valence-corrected chi connectivity index (χ0v) is 16.0. The molecule has 0 aromatic heterocycles. The number of hydrogen-bond donors (Lipinski definition) is 1. The van der Waals surface area contributed by atoms with Gasteiger partial charge in [0.05, 0.1) is 24.0 Å². The van der Waals surface area contributed by atoms with Gasteiger partial charge in [-0.15, -0.1) is 11.8 Å². The second kappa shape index (κ2) is 7.32. The number of hydrogen-bond acceptors (Lipinski definition) is 6. The van der Waals surface area contributed by atoms with E-state index in [4.69, 9.17) is 14.7 Å². The van der Waals surface area contributed by atoms with E-state index in [0.717, 1.165) is 37.7 Å². The highest BCUT2D eigenvalue weighted by Crippen LogP contribution is 2.40. The number of thioether (sulfide) groups is 1. The smallest absolute Gasteiger partial charge is 0.247 e. The first-order valence-corrected chi connectivity index (χ1v) is 9.91. The van der Waals surface area contributed by atoms with Crippen LogP contribution >= 0.6 is 11.8 Å². The molecule has 4 rings (SSSR count). The van der Waals surface area contributed by atoms with Crippen LogP contribution in [0.1, 0.15) is 12.5 Å². The van der Waals surface area contributed by atoms with Crippen LogP contribution in [-0.2, 0) is 9.53 Å². The Labute approximate surface area is 163 Å². The van der Waals surface area contributed by atoms with E-state index in [1.165, 1.54) is 6.08 Å². The van der Waals surface area contributed by atoms with Gasteiger partial charge in [0.15, 0.2) is 5.84 Å². The van der Waals surface area contributed by atoms with Crippen molar-refractivity contribution >= 4 is 35.0 Å². The van der Waals surface area contributed by atoms with E-state index in [1.807, 2.05) is 24.3 Å². The van der Waals surface area contributed by atoms with Gasteiger partial charge in [-0.2, -0.15) is 0 Å². The van der Waals surface area contributed by atoms with E-state index < -0.39 is 0 Å². The molecule has 0 saturated carbocycles. The molecule has 1 amide bonds. The second-order valence-corrected chi connectivity index (χ2v) is 7.84. The van der Waals surface area contributed by atoms with Crippen LogP contribution in [0.15, 0.2) is 58.4 Å². The fourth-order valence-electron chi connectivity index (χ4n) is 3.41. The number of nitrogens with zero attached hydrogens (tertiary/aromatic N) is 3. The summed E-state index contributed by atoms with van der Waals surface area (Å²) < 4.78 is 5.50. The minimum atomic E-state index is -0.324. The van der Waals surface area contributed by atoms with Gasteiger partial charge in [-0.05, 0) is 36.6 Å². The predicted octanol–water partition coefficient (Wildman–Crippen LogP) is 2.69. The number of rotatable bonds is 3. The maximum Gasteiger partial charge on any atom is 0.247 e. The summed E-state index contributed by atoms with van der Waals surface area (Å²) in [6.45, 7) is 8.76. The highest BCUT2D eigenvalue weighted by molar-refractivity contribution is 8.03. The third-order valence-corrected chi connectivity index (χ3v) is 6.11. The maximum absolute atomic E-state index is 11.6. The number of amidine groups is 2. The van der Waals surface area contributed by atoms with Gasteiger partial charge in [0, 0.05) is 24.3 Å². The molecule has 7 heteroatoms. The third kappa shape index (κ3) is 3.57. The standard InChI is InChI=1S/C20H22N4O2S/c1-3-16(25)21-15-6-4-5-14(13-15)18-22-19(24-8-10-26-11-9-24)17-20(2,23-18)7-12-27-17/h3-7,12-13,17H,1,8-11H2,2H3,(H,21,25). The van der Waals surface area contributed by atoms with Gasteiger partial charge in [0.2, 0.25) is 5.91 Å². The van der Waals surface area contributed by atoms with Crippen molar-refractivity contribution in [3.05, 3.63) is 54.0 Å². The van der Waals surface area contributed by atoms with E-state index in [1.54, 1.807) is 11.8 Å². The number of fused-ring (bicyclic) bond motifs is 1. The van der Waals surface area contributed by atoms with Gasteiger partial charge in [0.25, 0.3) is 0 Å². The quantitative estimate of drug-likeness (QED) is 0.817. The number of morpholine rings is 1. The Balaban J connectivity index is 1.70. The van der Waals surface area contributed by atoms with Crippen molar-refractivity contribution in [2.45, 2.75) is 17.7 Å². The molecular weight excluding hydrogens is 360 g/mol. The van der Waals surface area contributed by atoms with Gasteiger partial charge in [0.1, 0.15) is 5.84 Å². The Morgan fingerprint density at radius 1 is 1.44 bits per heavy atom. The fourth-order valence-corrected chi connectivity index (χ4v) is 4.65. The molecular formula is C20H22N4O2S. The third-order valence-electron chi connectivity index (χ3n) is 4.86. The lowest BCUT2D eigenvalue weighted by Crippen LogP contribution is -2.52. The lowest BCUT2D eigenvalue weighted by Gasteiger charge is -2.39. The van der Waals surface area contributed by atoms with Crippen LogP contribution in [0.4, 0.5) is 5.69 Å². The van der Waals surface area contributed by atoms with Gasteiger partial charge in [-0.1, -0.05) is 18.7 Å². The lowest BCUT2D eigenvalue weighted by molar-refractivity contribution is -0.111. The summed E-state index contributed by atoms with van der Waals surface area (Å²) in [5.74, 6) is 1.51. The largest absolute Gasteiger partial charge is 0.378 e. The molecule has 6 nitrogen and oxygen atoms in total. The van der Waals surface area contributed by atoms with Crippen molar-refractivity contribution in [3.63, 3.8) is 0 Å². The summed E-state index contributed by atoms with van der Waals surface area (Å²) >= 11 is 1.77. The molecule has 1 N–H and O–H groups in total. The molecule has 0 aliphatic carbocycles. The van der Waals surface area contributed by atoms with Crippen LogP contribution in [-0.4, -0.2) is 59.6 Å². The number of aliphatic imine (C=N–C) groups is 2. The van der Waals surface area contributed by atoms with Crippen molar-refractivity contribution in [1.29, 1.82) is 0 Å². The van der Waals surface area contributed by atoms with Crippen LogP contribution in [0.5, 0.6) is 0 Å². The first-order chi connectivity index (χ1) is 13.1. The van der Waals surface area contributed by atoms with E-state index >= 15 is 0 Å². The number of ether oxygens (including phenoxy) is 1. The normalized spacial score (nSPS) is 26.9. The summed E-state index contributed by atoms with van der Waals surface area (Å²) in [7, 11) is 0. The van der Waals surface area contributed by atoms with E-state index in [2.05, 4.69) is 35.2 Å². The molecule has 0 spiro atoms. The van der Waals surface area contributed by atoms with Crippen LogP contribution in [0.3, 0.4) is 0 Å². The molecule has 1 aromatic carbocycles. The van der Waals surface area contributed by atoms with Gasteiger partial charge < -0.3 is 15.0 Å². The highest BCUT2D eigenvalue weighted by atomic mass is 32.2. The summed E-state index contributed by atoms with van der Waals surface area (Å²) in [5, 5.41) is 5.10. The monoisotopic (exact) mass is 382 g/mol. The lowest BCUT2D eigenvalue weighted by atomic mass is 9.95. The van der Waals surface area contributed by atoms with Crippen molar-refractivity contribution in [3.8, 4) is 0 Å². The first-order valence-electron chi connectivity index (χ1n) is 8.97. The fraction of sp³-hybridized carbons (Fsp3) is 0.350. The summed E-state index contributed by atoms with van der Waals surface area (Å²) in [6, 6.07) is 7.61. The van der Waals surface area contributed by atoms with Gasteiger partial charge >= 0.3 is 0 Å². The zero-order valence-electron chi connectivity index (χ0n) is 15.2. The molecule has 2 atom stereocenters. The molecule has 27 heavy (non-hydrogen) atoms. The summed E-state index contributed by atoms with van der Waals surface area (Å²) in [4.78, 5) is 23.8. The number of benzene rings is 1. The predicted molar refractivity (Wildman–Crippen MR) is 111 cm³/mol. The van der Waals surface area contributed by atoms with E-state index in [-0.39, 0.29) is 16.7 Å². The Kier molecular flexibility index (Phi) is 4.88.